The zero-order valence-electron chi connectivity index (χ0n) is 8.75. The third kappa shape index (κ3) is 3.04. The Balaban J connectivity index is 2.92. The summed E-state index contributed by atoms with van der Waals surface area (Å²) in [5.74, 6) is -0.968. The van der Waals surface area contributed by atoms with Gasteiger partial charge in [0.1, 0.15) is 6.04 Å². The molecule has 0 saturated heterocycles. The average molecular weight is 272 g/mol. The second-order valence-electron chi connectivity index (χ2n) is 3.67. The molecule has 0 fully saturated rings. The van der Waals surface area contributed by atoms with Gasteiger partial charge in [0.05, 0.1) is 0 Å². The summed E-state index contributed by atoms with van der Waals surface area (Å²) in [6, 6.07) is 3.06. The molecule has 0 aliphatic carbocycles. The normalized spacial score (nSPS) is 12.5. The quantitative estimate of drug-likeness (QED) is 0.884. The first kappa shape index (κ1) is 12.2. The topological polar surface area (TPSA) is 63.3 Å². The lowest BCUT2D eigenvalue weighted by Crippen LogP contribution is -2.32. The first-order valence-corrected chi connectivity index (χ1v) is 5.45. The number of benzene rings is 1. The number of nitrogens with two attached hydrogens (primary N) is 1. The van der Waals surface area contributed by atoms with Gasteiger partial charge in [-0.1, -0.05) is 22.0 Å². The molecule has 0 saturated carbocycles. The Morgan fingerprint density at radius 2 is 2.13 bits per heavy atom. The number of carboxylic acids is 1. The lowest BCUT2D eigenvalue weighted by Gasteiger charge is -2.10. The smallest absolute Gasteiger partial charge is 0.320 e. The third-order valence-electron chi connectivity index (χ3n) is 2.44. The highest BCUT2D eigenvalue weighted by atomic mass is 79.9. The molecule has 1 rings (SSSR count). The van der Waals surface area contributed by atoms with Crippen LogP contribution in [0.15, 0.2) is 16.6 Å². The number of carbonyl (C=O) groups is 1. The molecule has 82 valence electrons. The van der Waals surface area contributed by atoms with E-state index in [0.717, 1.165) is 15.6 Å². The lowest BCUT2D eigenvalue weighted by molar-refractivity contribution is -0.138. The maximum Gasteiger partial charge on any atom is 0.320 e. The highest BCUT2D eigenvalue weighted by Crippen LogP contribution is 2.22. The van der Waals surface area contributed by atoms with Crippen molar-refractivity contribution in [3.05, 3.63) is 33.3 Å². The molecule has 0 aromatic heterocycles. The van der Waals surface area contributed by atoms with Crippen molar-refractivity contribution in [1.82, 2.24) is 0 Å². The molecule has 0 aliphatic heterocycles. The molecule has 15 heavy (non-hydrogen) atoms. The van der Waals surface area contributed by atoms with Crippen molar-refractivity contribution in [2.75, 3.05) is 0 Å². The summed E-state index contributed by atoms with van der Waals surface area (Å²) >= 11 is 3.44. The molecule has 0 radical (unpaired) electrons. The largest absolute Gasteiger partial charge is 0.480 e. The summed E-state index contributed by atoms with van der Waals surface area (Å²) in [5.41, 5.74) is 8.72. The fourth-order valence-electron chi connectivity index (χ4n) is 1.35. The fourth-order valence-corrected chi connectivity index (χ4v) is 1.95. The highest BCUT2D eigenvalue weighted by molar-refractivity contribution is 9.10. The van der Waals surface area contributed by atoms with Gasteiger partial charge in [0.25, 0.3) is 0 Å². The van der Waals surface area contributed by atoms with Crippen LogP contribution in [0.2, 0.25) is 0 Å². The van der Waals surface area contributed by atoms with E-state index in [1.54, 1.807) is 0 Å². The molecule has 0 amide bonds. The zero-order valence-corrected chi connectivity index (χ0v) is 10.3. The van der Waals surface area contributed by atoms with Crippen LogP contribution in [0.25, 0.3) is 0 Å². The predicted octanol–water partition coefficient (Wildman–Crippen LogP) is 2.02. The van der Waals surface area contributed by atoms with Crippen LogP contribution in [-0.4, -0.2) is 17.1 Å². The summed E-state index contributed by atoms with van der Waals surface area (Å²) in [7, 11) is 0. The zero-order chi connectivity index (χ0) is 11.6. The fraction of sp³-hybridized carbons (Fsp3) is 0.364. The van der Waals surface area contributed by atoms with Gasteiger partial charge < -0.3 is 10.8 Å². The summed E-state index contributed by atoms with van der Waals surface area (Å²) in [4.78, 5) is 10.6. The summed E-state index contributed by atoms with van der Waals surface area (Å²) < 4.78 is 0.995. The average Bonchev–Trinajstić information content (AvgIpc) is 2.13. The van der Waals surface area contributed by atoms with E-state index in [4.69, 9.17) is 10.8 Å². The van der Waals surface area contributed by atoms with E-state index < -0.39 is 12.0 Å². The summed E-state index contributed by atoms with van der Waals surface area (Å²) in [5, 5.41) is 8.70. The van der Waals surface area contributed by atoms with Crippen molar-refractivity contribution in [1.29, 1.82) is 0 Å². The molecular weight excluding hydrogens is 258 g/mol. The molecule has 0 heterocycles. The van der Waals surface area contributed by atoms with Gasteiger partial charge >= 0.3 is 5.97 Å². The molecule has 1 atom stereocenters. The van der Waals surface area contributed by atoms with Gasteiger partial charge in [-0.05, 0) is 43.0 Å². The van der Waals surface area contributed by atoms with Crippen LogP contribution < -0.4 is 5.73 Å². The van der Waals surface area contributed by atoms with Crippen molar-refractivity contribution in [3.8, 4) is 0 Å². The molecule has 0 aliphatic rings. The van der Waals surface area contributed by atoms with Crippen molar-refractivity contribution in [2.45, 2.75) is 26.3 Å². The van der Waals surface area contributed by atoms with Crippen molar-refractivity contribution < 1.29 is 9.90 Å². The number of aliphatic carboxylic acids is 1. The minimum absolute atomic E-state index is 0.356. The molecule has 3 nitrogen and oxygen atoms in total. The highest BCUT2D eigenvalue weighted by Gasteiger charge is 2.13. The predicted molar refractivity (Wildman–Crippen MR) is 62.9 cm³/mol. The Labute approximate surface area is 97.4 Å². The number of carboxylic acid groups (broad SMARTS) is 1. The van der Waals surface area contributed by atoms with Crippen molar-refractivity contribution in [2.24, 2.45) is 5.73 Å². The molecule has 1 aromatic carbocycles. The molecule has 1 unspecified atom stereocenters. The van der Waals surface area contributed by atoms with E-state index in [1.165, 1.54) is 5.56 Å². The first-order valence-electron chi connectivity index (χ1n) is 4.66. The number of halogens is 1. The van der Waals surface area contributed by atoms with Gasteiger partial charge in [-0.15, -0.1) is 0 Å². The van der Waals surface area contributed by atoms with Gasteiger partial charge in [-0.25, -0.2) is 0 Å². The number of hydrogen-bond donors (Lipinski definition) is 2. The van der Waals surface area contributed by atoms with Crippen LogP contribution in [0.3, 0.4) is 0 Å². The molecular formula is C11H14BrNO2. The minimum atomic E-state index is -0.968. The number of aryl methyl sites for hydroxylation is 1. The summed E-state index contributed by atoms with van der Waals surface area (Å²) in [6.45, 7) is 4.01. The van der Waals surface area contributed by atoms with Crippen LogP contribution in [0, 0.1) is 13.8 Å². The van der Waals surface area contributed by atoms with Gasteiger partial charge in [-0.2, -0.15) is 0 Å². The van der Waals surface area contributed by atoms with Crippen molar-refractivity contribution >= 4 is 21.9 Å². The van der Waals surface area contributed by atoms with Crippen LogP contribution in [0.1, 0.15) is 16.7 Å². The monoisotopic (exact) mass is 271 g/mol. The van der Waals surface area contributed by atoms with E-state index in [9.17, 15) is 4.79 Å². The summed E-state index contributed by atoms with van der Waals surface area (Å²) in [6.07, 6.45) is 0.356. The molecule has 4 heteroatoms. The standard InChI is InChI=1S/C11H14BrNO2/c1-6-3-8(4-9(12)7(6)2)5-10(13)11(14)15/h3-4,10H,5,13H2,1-2H3,(H,14,15). The Bertz CT molecular complexity index is 367. The number of rotatable bonds is 3. The Kier molecular flexibility index (Phi) is 3.88. The Morgan fingerprint density at radius 3 is 2.60 bits per heavy atom. The second kappa shape index (κ2) is 4.77. The van der Waals surface area contributed by atoms with Gasteiger partial charge in [0.15, 0.2) is 0 Å². The molecule has 0 bridgehead atoms. The van der Waals surface area contributed by atoms with Crippen molar-refractivity contribution in [3.63, 3.8) is 0 Å². The van der Waals surface area contributed by atoms with Crippen LogP contribution in [0.4, 0.5) is 0 Å². The van der Waals surface area contributed by atoms with Gasteiger partial charge in [0, 0.05) is 4.47 Å². The molecule has 0 spiro atoms. The Morgan fingerprint density at radius 1 is 1.53 bits per heavy atom. The SMILES string of the molecule is Cc1cc(CC(N)C(=O)O)cc(Br)c1C. The minimum Gasteiger partial charge on any atom is -0.480 e. The van der Waals surface area contributed by atoms with E-state index in [2.05, 4.69) is 15.9 Å². The van der Waals surface area contributed by atoms with Gasteiger partial charge in [-0.3, -0.25) is 4.79 Å². The van der Waals surface area contributed by atoms with E-state index >= 15 is 0 Å². The van der Waals surface area contributed by atoms with Crippen LogP contribution >= 0.6 is 15.9 Å². The van der Waals surface area contributed by atoms with E-state index in [0.29, 0.717) is 6.42 Å². The van der Waals surface area contributed by atoms with Crippen LogP contribution in [0.5, 0.6) is 0 Å². The third-order valence-corrected chi connectivity index (χ3v) is 3.26. The number of hydrogen-bond acceptors (Lipinski definition) is 2. The Hall–Kier alpha value is -0.870. The van der Waals surface area contributed by atoms with E-state index in [1.807, 2.05) is 26.0 Å². The second-order valence-corrected chi connectivity index (χ2v) is 4.52. The van der Waals surface area contributed by atoms with Gasteiger partial charge in [0.2, 0.25) is 0 Å². The molecule has 1 aromatic rings. The first-order chi connectivity index (χ1) is 6.91. The van der Waals surface area contributed by atoms with Crippen LogP contribution in [-0.2, 0) is 11.2 Å². The maximum absolute atomic E-state index is 10.6. The lowest BCUT2D eigenvalue weighted by atomic mass is 10.0. The van der Waals surface area contributed by atoms with E-state index in [-0.39, 0.29) is 0 Å². The maximum atomic E-state index is 10.6. The molecule has 3 N–H and O–H groups in total.